The number of aromatic nitrogens is 5. The fraction of sp³-hybridized carbons (Fsp3) is 0.350. The molecule has 0 spiro atoms. The number of thioether (sulfide) groups is 1. The van der Waals surface area contributed by atoms with E-state index >= 15 is 0 Å². The van der Waals surface area contributed by atoms with Crippen molar-refractivity contribution in [3.8, 4) is 10.7 Å². The molecule has 0 unspecified atom stereocenters. The lowest BCUT2D eigenvalue weighted by Gasteiger charge is -2.03. The zero-order valence-corrected chi connectivity index (χ0v) is 19.5. The van der Waals surface area contributed by atoms with E-state index in [0.29, 0.717) is 16.7 Å². The van der Waals surface area contributed by atoms with Gasteiger partial charge in [0.15, 0.2) is 11.0 Å². The van der Waals surface area contributed by atoms with Gasteiger partial charge in [0, 0.05) is 24.3 Å². The SMILES string of the molecule is Cc1nc(NC(=O)CSCc2nc3sc4c(c3c(=O)[nH]2)CCC4)sc1-c1nccn1C. The number of H-pyrrole nitrogens is 1. The van der Waals surface area contributed by atoms with E-state index in [1.807, 2.05) is 24.7 Å². The van der Waals surface area contributed by atoms with E-state index in [-0.39, 0.29) is 17.2 Å². The van der Waals surface area contributed by atoms with Crippen molar-refractivity contribution >= 4 is 55.7 Å². The standard InChI is InChI=1S/C20H20N6O2S3/c1-10-16(17-21-6-7-26(17)2)31-20(22-10)25-14(27)9-29-8-13-23-18(28)15-11-4-3-5-12(11)30-19(15)24-13/h6-7H,3-5,8-9H2,1-2H3,(H,22,25,27)(H,23,24,28). The molecule has 11 heteroatoms. The lowest BCUT2D eigenvalue weighted by molar-refractivity contribution is -0.113. The highest BCUT2D eigenvalue weighted by molar-refractivity contribution is 7.99. The molecule has 0 aromatic carbocycles. The van der Waals surface area contributed by atoms with Crippen LogP contribution in [0.25, 0.3) is 20.9 Å². The number of hydrogen-bond acceptors (Lipinski definition) is 8. The first-order valence-corrected chi connectivity index (χ1v) is 12.6. The summed E-state index contributed by atoms with van der Waals surface area (Å²) in [6.07, 6.45) is 6.74. The Kier molecular flexibility index (Phi) is 5.40. The molecule has 1 aliphatic rings. The van der Waals surface area contributed by atoms with Crippen molar-refractivity contribution in [2.45, 2.75) is 31.9 Å². The number of anilines is 1. The number of amides is 1. The van der Waals surface area contributed by atoms with Crippen molar-refractivity contribution in [1.82, 2.24) is 24.5 Å². The molecule has 31 heavy (non-hydrogen) atoms. The first kappa shape index (κ1) is 20.4. The second kappa shape index (κ2) is 8.21. The Morgan fingerprint density at radius 3 is 3.00 bits per heavy atom. The number of thiophene rings is 1. The van der Waals surface area contributed by atoms with Gasteiger partial charge < -0.3 is 14.9 Å². The predicted molar refractivity (Wildman–Crippen MR) is 126 cm³/mol. The summed E-state index contributed by atoms with van der Waals surface area (Å²) < 4.78 is 1.93. The van der Waals surface area contributed by atoms with Gasteiger partial charge in [-0.15, -0.1) is 23.1 Å². The van der Waals surface area contributed by atoms with Crippen LogP contribution >= 0.6 is 34.4 Å². The van der Waals surface area contributed by atoms with Gasteiger partial charge in [-0.1, -0.05) is 11.3 Å². The maximum atomic E-state index is 12.5. The van der Waals surface area contributed by atoms with Crippen molar-refractivity contribution < 1.29 is 4.79 Å². The van der Waals surface area contributed by atoms with E-state index in [2.05, 4.69) is 25.3 Å². The Hall–Kier alpha value is -2.50. The number of thiazole rings is 1. The maximum absolute atomic E-state index is 12.5. The van der Waals surface area contributed by atoms with Gasteiger partial charge in [0.2, 0.25) is 5.91 Å². The molecule has 4 aromatic heterocycles. The molecule has 0 saturated carbocycles. The largest absolute Gasteiger partial charge is 0.333 e. The Bertz CT molecular complexity index is 1350. The summed E-state index contributed by atoms with van der Waals surface area (Å²) in [6.45, 7) is 1.91. The van der Waals surface area contributed by atoms with Gasteiger partial charge in [0.05, 0.1) is 27.5 Å². The number of hydrogen-bond donors (Lipinski definition) is 2. The summed E-state index contributed by atoms with van der Waals surface area (Å²) >= 11 is 4.45. The van der Waals surface area contributed by atoms with E-state index in [0.717, 1.165) is 45.9 Å². The van der Waals surface area contributed by atoms with E-state index in [1.54, 1.807) is 17.5 Å². The Morgan fingerprint density at radius 1 is 1.32 bits per heavy atom. The van der Waals surface area contributed by atoms with Gasteiger partial charge in [0.25, 0.3) is 5.56 Å². The van der Waals surface area contributed by atoms with Crippen molar-refractivity contribution in [2.75, 3.05) is 11.1 Å². The first-order valence-electron chi connectivity index (χ1n) is 9.85. The van der Waals surface area contributed by atoms with Gasteiger partial charge in [-0.3, -0.25) is 9.59 Å². The highest BCUT2D eigenvalue weighted by atomic mass is 32.2. The molecule has 0 saturated heterocycles. The lowest BCUT2D eigenvalue weighted by Crippen LogP contribution is -2.15. The average molecular weight is 473 g/mol. The van der Waals surface area contributed by atoms with E-state index in [1.165, 1.54) is 33.5 Å². The maximum Gasteiger partial charge on any atom is 0.259 e. The van der Waals surface area contributed by atoms with Gasteiger partial charge in [-0.25, -0.2) is 15.0 Å². The Balaban J connectivity index is 1.21. The van der Waals surface area contributed by atoms with Crippen molar-refractivity contribution in [3.63, 3.8) is 0 Å². The number of aryl methyl sites for hydroxylation is 4. The normalized spacial score (nSPS) is 13.1. The minimum atomic E-state index is -0.135. The van der Waals surface area contributed by atoms with Gasteiger partial charge in [-0.2, -0.15) is 0 Å². The number of carbonyl (C=O) groups excluding carboxylic acids is 1. The molecular formula is C20H20N6O2S3. The van der Waals surface area contributed by atoms with Crippen LogP contribution in [0.5, 0.6) is 0 Å². The van der Waals surface area contributed by atoms with Gasteiger partial charge >= 0.3 is 0 Å². The number of nitrogens with one attached hydrogen (secondary N) is 2. The zero-order valence-electron chi connectivity index (χ0n) is 17.0. The molecule has 0 atom stereocenters. The van der Waals surface area contributed by atoms with Crippen LogP contribution in [0, 0.1) is 6.92 Å². The molecule has 1 aliphatic carbocycles. The third-order valence-electron chi connectivity index (χ3n) is 5.16. The summed E-state index contributed by atoms with van der Waals surface area (Å²) in [7, 11) is 1.93. The number of rotatable bonds is 6. The Labute approximate surface area is 190 Å². The predicted octanol–water partition coefficient (Wildman–Crippen LogP) is 3.51. The molecule has 0 bridgehead atoms. The fourth-order valence-electron chi connectivity index (χ4n) is 3.75. The third-order valence-corrected chi connectivity index (χ3v) is 8.36. The highest BCUT2D eigenvalue weighted by Gasteiger charge is 2.21. The van der Waals surface area contributed by atoms with Crippen molar-refractivity contribution in [3.05, 3.63) is 44.7 Å². The second-order valence-corrected chi connectivity index (χ2v) is 10.5. The van der Waals surface area contributed by atoms with Crippen LogP contribution in [-0.2, 0) is 30.4 Å². The topological polar surface area (TPSA) is 106 Å². The number of aromatic amines is 1. The molecule has 1 amide bonds. The summed E-state index contributed by atoms with van der Waals surface area (Å²) in [6, 6.07) is 0. The Morgan fingerprint density at radius 2 is 2.19 bits per heavy atom. The summed E-state index contributed by atoms with van der Waals surface area (Å²) in [5, 5.41) is 4.17. The zero-order chi connectivity index (χ0) is 21.5. The van der Waals surface area contributed by atoms with Crippen molar-refractivity contribution in [2.24, 2.45) is 7.05 Å². The van der Waals surface area contributed by atoms with E-state index in [9.17, 15) is 9.59 Å². The molecule has 160 valence electrons. The quantitative estimate of drug-likeness (QED) is 0.445. The van der Waals surface area contributed by atoms with Crippen molar-refractivity contribution in [1.29, 1.82) is 0 Å². The molecule has 4 heterocycles. The third kappa shape index (κ3) is 3.92. The first-order chi connectivity index (χ1) is 15.0. The van der Waals surface area contributed by atoms with Crippen LogP contribution in [0.4, 0.5) is 5.13 Å². The van der Waals surface area contributed by atoms with E-state index in [4.69, 9.17) is 0 Å². The summed E-state index contributed by atoms with van der Waals surface area (Å²) in [5.74, 6) is 2.02. The van der Waals surface area contributed by atoms with Gasteiger partial charge in [-0.05, 0) is 31.7 Å². The monoisotopic (exact) mass is 472 g/mol. The molecular weight excluding hydrogens is 452 g/mol. The number of imidazole rings is 1. The molecule has 5 rings (SSSR count). The molecule has 2 N–H and O–H groups in total. The van der Waals surface area contributed by atoms with E-state index < -0.39 is 0 Å². The van der Waals surface area contributed by atoms with Gasteiger partial charge in [0.1, 0.15) is 10.7 Å². The average Bonchev–Trinajstić information content (AvgIpc) is 3.46. The molecule has 0 aliphatic heterocycles. The van der Waals surface area contributed by atoms with Crippen LogP contribution in [-0.4, -0.2) is 36.2 Å². The highest BCUT2D eigenvalue weighted by Crippen LogP contribution is 2.35. The smallest absolute Gasteiger partial charge is 0.259 e. The molecule has 0 radical (unpaired) electrons. The van der Waals surface area contributed by atoms with Crippen LogP contribution in [0.2, 0.25) is 0 Å². The van der Waals surface area contributed by atoms with Crippen LogP contribution in [0.1, 0.15) is 28.4 Å². The second-order valence-electron chi connectivity index (χ2n) is 7.39. The molecule has 0 fully saturated rings. The summed E-state index contributed by atoms with van der Waals surface area (Å²) in [5.41, 5.74) is 1.95. The van der Waals surface area contributed by atoms with Crippen LogP contribution < -0.4 is 10.9 Å². The summed E-state index contributed by atoms with van der Waals surface area (Å²) in [4.78, 5) is 44.3. The number of carbonyl (C=O) groups is 1. The minimum Gasteiger partial charge on any atom is -0.333 e. The minimum absolute atomic E-state index is 0.0653. The van der Waals surface area contributed by atoms with Crippen LogP contribution in [0.3, 0.4) is 0 Å². The number of fused-ring (bicyclic) bond motifs is 3. The molecule has 8 nitrogen and oxygen atoms in total. The number of nitrogens with zero attached hydrogens (tertiary/aromatic N) is 4. The fourth-order valence-corrected chi connectivity index (χ4v) is 6.75. The lowest BCUT2D eigenvalue weighted by atomic mass is 10.2. The van der Waals surface area contributed by atoms with Crippen LogP contribution in [0.15, 0.2) is 17.2 Å². The molecule has 4 aromatic rings.